The predicted octanol–water partition coefficient (Wildman–Crippen LogP) is 1.38. The van der Waals surface area contributed by atoms with Crippen molar-refractivity contribution in [2.75, 3.05) is 0 Å². The van der Waals surface area contributed by atoms with Crippen LogP contribution in [-0.2, 0) is 4.79 Å². The van der Waals surface area contributed by atoms with E-state index in [4.69, 9.17) is 15.3 Å². The van der Waals surface area contributed by atoms with E-state index in [2.05, 4.69) is 0 Å². The predicted molar refractivity (Wildman–Crippen MR) is 46.3 cm³/mol. The van der Waals surface area contributed by atoms with E-state index in [1.54, 1.807) is 12.1 Å². The summed E-state index contributed by atoms with van der Waals surface area (Å²) in [7, 11) is 0. The molecule has 0 aliphatic carbocycles. The van der Waals surface area contributed by atoms with Crippen LogP contribution in [0.25, 0.3) is 6.08 Å². The van der Waals surface area contributed by atoms with Crippen LogP contribution in [0.3, 0.4) is 0 Å². The number of phenolic OH excluding ortho intramolecular Hbond substituents is 1. The minimum atomic E-state index is -1.40. The third-order valence-corrected chi connectivity index (χ3v) is 1.39. The Morgan fingerprint density at radius 2 is 2.00 bits per heavy atom. The maximum atomic E-state index is 10.2. The molecule has 0 aliphatic heterocycles. The molecule has 0 spiro atoms. The summed E-state index contributed by atoms with van der Waals surface area (Å²) in [5.74, 6) is -2.14. The minimum Gasteiger partial charge on any atom is -0.508 e. The fourth-order valence-electron chi connectivity index (χ4n) is 0.834. The number of hydrogen-bond acceptors (Lipinski definition) is 3. The third kappa shape index (κ3) is 2.52. The molecule has 4 heteroatoms. The second-order valence-corrected chi connectivity index (χ2v) is 2.43. The van der Waals surface area contributed by atoms with Crippen LogP contribution in [0.4, 0.5) is 0 Å². The first-order chi connectivity index (χ1) is 6.09. The first kappa shape index (κ1) is 9.12. The average Bonchev–Trinajstić information content (AvgIpc) is 2.04. The molecule has 4 nitrogen and oxygen atoms in total. The highest BCUT2D eigenvalue weighted by Crippen LogP contribution is 2.13. The van der Waals surface area contributed by atoms with Gasteiger partial charge in [0.2, 0.25) is 5.76 Å². The average molecular weight is 180 g/mol. The van der Waals surface area contributed by atoms with Crippen LogP contribution in [0.2, 0.25) is 0 Å². The zero-order valence-corrected chi connectivity index (χ0v) is 6.64. The highest BCUT2D eigenvalue weighted by atomic mass is 16.4. The van der Waals surface area contributed by atoms with Crippen molar-refractivity contribution in [2.24, 2.45) is 0 Å². The summed E-state index contributed by atoms with van der Waals surface area (Å²) in [6, 6.07) is 5.92. The van der Waals surface area contributed by atoms with Crippen molar-refractivity contribution in [3.63, 3.8) is 0 Å². The van der Waals surface area contributed by atoms with Gasteiger partial charge < -0.3 is 15.3 Å². The topological polar surface area (TPSA) is 77.8 Å². The number of carboxylic acid groups (broad SMARTS) is 1. The van der Waals surface area contributed by atoms with Crippen LogP contribution in [0.15, 0.2) is 30.0 Å². The quantitative estimate of drug-likeness (QED) is 0.474. The molecule has 0 saturated carbocycles. The largest absolute Gasteiger partial charge is 0.508 e. The summed E-state index contributed by atoms with van der Waals surface area (Å²) < 4.78 is 0. The zero-order chi connectivity index (χ0) is 9.84. The normalized spacial score (nSPS) is 11.2. The molecule has 0 saturated heterocycles. The lowest BCUT2D eigenvalue weighted by atomic mass is 10.2. The van der Waals surface area contributed by atoms with E-state index < -0.39 is 11.7 Å². The Labute approximate surface area is 74.4 Å². The van der Waals surface area contributed by atoms with Gasteiger partial charge in [-0.1, -0.05) is 12.1 Å². The van der Waals surface area contributed by atoms with Crippen molar-refractivity contribution in [1.29, 1.82) is 0 Å². The van der Waals surface area contributed by atoms with Crippen molar-refractivity contribution in [1.82, 2.24) is 0 Å². The lowest BCUT2D eigenvalue weighted by molar-refractivity contribution is -0.135. The van der Waals surface area contributed by atoms with E-state index in [-0.39, 0.29) is 5.75 Å². The molecular formula is C9H8O4. The molecule has 3 N–H and O–H groups in total. The SMILES string of the molecule is O=C(O)C(O)=Cc1cccc(O)c1. The number of aliphatic carboxylic acids is 1. The number of benzene rings is 1. The number of hydrogen-bond donors (Lipinski definition) is 3. The molecule has 0 bridgehead atoms. The lowest BCUT2D eigenvalue weighted by Crippen LogP contribution is -1.98. The molecule has 1 aromatic rings. The lowest BCUT2D eigenvalue weighted by Gasteiger charge is -1.95. The van der Waals surface area contributed by atoms with Gasteiger partial charge in [-0.2, -0.15) is 0 Å². The Morgan fingerprint density at radius 3 is 2.54 bits per heavy atom. The van der Waals surface area contributed by atoms with E-state index in [1.165, 1.54) is 12.1 Å². The molecule has 0 unspecified atom stereocenters. The number of aromatic hydroxyl groups is 1. The van der Waals surface area contributed by atoms with Crippen molar-refractivity contribution < 1.29 is 20.1 Å². The van der Waals surface area contributed by atoms with Gasteiger partial charge in [-0.25, -0.2) is 4.79 Å². The number of rotatable bonds is 2. The van der Waals surface area contributed by atoms with Gasteiger partial charge in [-0.05, 0) is 23.8 Å². The van der Waals surface area contributed by atoms with Gasteiger partial charge in [0.05, 0.1) is 0 Å². The fourth-order valence-corrected chi connectivity index (χ4v) is 0.834. The van der Waals surface area contributed by atoms with E-state index >= 15 is 0 Å². The van der Waals surface area contributed by atoms with E-state index in [0.29, 0.717) is 5.56 Å². The summed E-state index contributed by atoms with van der Waals surface area (Å²) in [4.78, 5) is 10.2. The number of phenols is 1. The molecule has 1 rings (SSSR count). The van der Waals surface area contributed by atoms with Gasteiger partial charge in [0.25, 0.3) is 0 Å². The number of carboxylic acids is 1. The molecule has 0 heterocycles. The standard InChI is InChI=1S/C9H8O4/c10-7-3-1-2-6(4-7)5-8(11)9(12)13/h1-5,10-11H,(H,12,13). The minimum absolute atomic E-state index is 0.0203. The fraction of sp³-hybridized carbons (Fsp3) is 0. The molecule has 0 amide bonds. The van der Waals surface area contributed by atoms with E-state index in [0.717, 1.165) is 6.08 Å². The summed E-state index contributed by atoms with van der Waals surface area (Å²) in [6.45, 7) is 0. The molecule has 1 aromatic carbocycles. The Balaban J connectivity index is 2.97. The van der Waals surface area contributed by atoms with Gasteiger partial charge in [0.15, 0.2) is 0 Å². The van der Waals surface area contributed by atoms with Crippen molar-refractivity contribution in [3.05, 3.63) is 35.6 Å². The smallest absolute Gasteiger partial charge is 0.370 e. The first-order valence-electron chi connectivity index (χ1n) is 3.52. The Hall–Kier alpha value is -1.97. The molecule has 0 radical (unpaired) electrons. The maximum absolute atomic E-state index is 10.2. The van der Waals surface area contributed by atoms with E-state index in [1.807, 2.05) is 0 Å². The van der Waals surface area contributed by atoms with Gasteiger partial charge in [-0.15, -0.1) is 0 Å². The second-order valence-electron chi connectivity index (χ2n) is 2.43. The number of aliphatic hydroxyl groups is 1. The highest BCUT2D eigenvalue weighted by molar-refractivity contribution is 5.89. The van der Waals surface area contributed by atoms with Crippen molar-refractivity contribution in [3.8, 4) is 5.75 Å². The molecule has 0 atom stereocenters. The van der Waals surface area contributed by atoms with E-state index in [9.17, 15) is 4.79 Å². The van der Waals surface area contributed by atoms with Crippen molar-refractivity contribution in [2.45, 2.75) is 0 Å². The van der Waals surface area contributed by atoms with Crippen LogP contribution in [0, 0.1) is 0 Å². The third-order valence-electron chi connectivity index (χ3n) is 1.39. The van der Waals surface area contributed by atoms with Gasteiger partial charge in [-0.3, -0.25) is 0 Å². The van der Waals surface area contributed by atoms with Crippen molar-refractivity contribution >= 4 is 12.0 Å². The molecular weight excluding hydrogens is 172 g/mol. The summed E-state index contributed by atoms with van der Waals surface area (Å²) >= 11 is 0. The summed E-state index contributed by atoms with van der Waals surface area (Å²) in [5, 5.41) is 26.2. The maximum Gasteiger partial charge on any atom is 0.370 e. The van der Waals surface area contributed by atoms with Gasteiger partial charge in [0.1, 0.15) is 5.75 Å². The number of carbonyl (C=O) groups is 1. The summed E-state index contributed by atoms with van der Waals surface area (Å²) in [5.41, 5.74) is 0.430. The van der Waals surface area contributed by atoms with Crippen LogP contribution in [0.5, 0.6) is 5.75 Å². The molecule has 0 aliphatic rings. The molecule has 68 valence electrons. The van der Waals surface area contributed by atoms with Crippen LogP contribution >= 0.6 is 0 Å². The second kappa shape index (κ2) is 3.62. The first-order valence-corrected chi connectivity index (χ1v) is 3.52. The Morgan fingerprint density at radius 1 is 1.31 bits per heavy atom. The van der Waals surface area contributed by atoms with Gasteiger partial charge in [0, 0.05) is 0 Å². The molecule has 0 aromatic heterocycles. The van der Waals surface area contributed by atoms with Crippen LogP contribution in [0.1, 0.15) is 5.56 Å². The Bertz CT molecular complexity index is 354. The summed E-state index contributed by atoms with van der Waals surface area (Å²) in [6.07, 6.45) is 1.06. The number of aliphatic hydroxyl groups excluding tert-OH is 1. The zero-order valence-electron chi connectivity index (χ0n) is 6.64. The van der Waals surface area contributed by atoms with Crippen LogP contribution in [-0.4, -0.2) is 21.3 Å². The Kier molecular flexibility index (Phi) is 2.54. The monoisotopic (exact) mass is 180 g/mol. The highest BCUT2D eigenvalue weighted by Gasteiger charge is 2.03. The molecule has 13 heavy (non-hydrogen) atoms. The molecule has 0 fully saturated rings. The van der Waals surface area contributed by atoms with Gasteiger partial charge >= 0.3 is 5.97 Å². The van der Waals surface area contributed by atoms with Crippen LogP contribution < -0.4 is 0 Å².